The summed E-state index contributed by atoms with van der Waals surface area (Å²) in [6.45, 7) is 0. The molecule has 0 aliphatic rings. The molecule has 1 aromatic heterocycles. The molecular weight excluding hydrogens is 493 g/mol. The molecule has 14 heavy (non-hydrogen) atoms. The van der Waals surface area contributed by atoms with E-state index in [1.807, 2.05) is 0 Å². The molecule has 0 bridgehead atoms. The lowest BCUT2D eigenvalue weighted by atomic mass is 10.5. The average Bonchev–Trinajstić information content (AvgIpc) is 1.98. The topological polar surface area (TPSA) is 47.0 Å². The van der Waals surface area contributed by atoms with Gasteiger partial charge in [0.15, 0.2) is 0 Å². The highest BCUT2D eigenvalue weighted by molar-refractivity contribution is 9.13. The summed E-state index contributed by atoms with van der Waals surface area (Å²) >= 11 is 12.3. The summed E-state index contributed by atoms with van der Waals surface area (Å²) in [6.07, 6.45) is 0. The van der Waals surface area contributed by atoms with Gasteiger partial charge in [-0.1, -0.05) is 0 Å². The van der Waals surface area contributed by atoms with Gasteiger partial charge in [0.1, 0.15) is 14.1 Å². The Morgan fingerprint density at radius 3 is 1.64 bits per heavy atom. The Morgan fingerprint density at radius 2 is 1.36 bits per heavy atom. The normalized spacial score (nSPS) is 11.8. The van der Waals surface area contributed by atoms with E-state index < -0.39 is 9.05 Å². The van der Waals surface area contributed by atoms with Gasteiger partial charge >= 0.3 is 0 Å². The summed E-state index contributed by atoms with van der Waals surface area (Å²) in [5.74, 6) is 0. The zero-order chi connectivity index (χ0) is 11.1. The van der Waals surface area contributed by atoms with Crippen LogP contribution in [-0.4, -0.2) is 13.4 Å². The molecule has 0 aliphatic heterocycles. The minimum atomic E-state index is -3.83. The Morgan fingerprint density at radius 1 is 1.00 bits per heavy atom. The van der Waals surface area contributed by atoms with Crippen LogP contribution in [0.5, 0.6) is 0 Å². The van der Waals surface area contributed by atoms with Crippen molar-refractivity contribution >= 4 is 83.5 Å². The Balaban J connectivity index is 3.74. The van der Waals surface area contributed by atoms with E-state index in [0.29, 0.717) is 9.21 Å². The van der Waals surface area contributed by atoms with E-state index in [4.69, 9.17) is 10.7 Å². The van der Waals surface area contributed by atoms with Crippen LogP contribution in [0.1, 0.15) is 0 Å². The molecule has 0 radical (unpaired) electrons. The summed E-state index contributed by atoms with van der Waals surface area (Å²) in [7, 11) is 1.43. The fourth-order valence-electron chi connectivity index (χ4n) is 0.682. The van der Waals surface area contributed by atoms with Gasteiger partial charge in [-0.3, -0.25) is 0 Å². The van der Waals surface area contributed by atoms with Crippen molar-refractivity contribution < 1.29 is 8.42 Å². The molecule has 0 fully saturated rings. The van der Waals surface area contributed by atoms with Gasteiger partial charge in [0.25, 0.3) is 9.05 Å². The van der Waals surface area contributed by atoms with E-state index in [1.54, 1.807) is 0 Å². The molecule has 0 spiro atoms. The van der Waals surface area contributed by atoms with Gasteiger partial charge in [-0.15, -0.1) is 0 Å². The lowest BCUT2D eigenvalue weighted by Gasteiger charge is -2.06. The van der Waals surface area contributed by atoms with Crippen molar-refractivity contribution in [1.82, 2.24) is 4.98 Å². The van der Waals surface area contributed by atoms with Crippen LogP contribution in [0.3, 0.4) is 0 Å². The first-order chi connectivity index (χ1) is 6.25. The van der Waals surface area contributed by atoms with Crippen LogP contribution in [0.15, 0.2) is 23.0 Å². The fraction of sp³-hybridized carbons (Fsp3) is 0. The highest BCUT2D eigenvalue weighted by Crippen LogP contribution is 2.39. The van der Waals surface area contributed by atoms with Crippen LogP contribution in [0.4, 0.5) is 0 Å². The number of rotatable bonds is 1. The van der Waals surface area contributed by atoms with Crippen LogP contribution >= 0.6 is 74.4 Å². The predicted octanol–water partition coefficient (Wildman–Crippen LogP) is 4.06. The molecule has 0 unspecified atom stereocenters. The van der Waals surface area contributed by atoms with Gasteiger partial charge in [0.05, 0.1) is 8.95 Å². The summed E-state index contributed by atoms with van der Waals surface area (Å²) < 4.78 is 23.7. The second kappa shape index (κ2) is 4.67. The number of nitrogens with zero attached hydrogens (tertiary/aromatic N) is 1. The van der Waals surface area contributed by atoms with Crippen LogP contribution in [0.2, 0.25) is 0 Å². The van der Waals surface area contributed by atoms with E-state index >= 15 is 0 Å². The standard InChI is InChI=1S/C5Br4ClNO2S/c6-1-3(14(10,12)13)2(7)5(9)11-4(1)8. The molecular formula is C5Br4ClNO2S. The first-order valence-corrected chi connectivity index (χ1v) is 8.38. The quantitative estimate of drug-likeness (QED) is 0.438. The van der Waals surface area contributed by atoms with Gasteiger partial charge < -0.3 is 0 Å². The van der Waals surface area contributed by atoms with Crippen LogP contribution < -0.4 is 0 Å². The minimum Gasteiger partial charge on any atom is -0.232 e. The number of aromatic nitrogens is 1. The summed E-state index contributed by atoms with van der Waals surface area (Å²) in [4.78, 5) is 3.90. The van der Waals surface area contributed by atoms with Crippen molar-refractivity contribution in [3.05, 3.63) is 18.2 Å². The molecule has 0 saturated carbocycles. The number of hydrogen-bond donors (Lipinski definition) is 0. The third-order valence-corrected chi connectivity index (χ3v) is 6.84. The summed E-state index contributed by atoms with van der Waals surface area (Å²) in [6, 6.07) is 0. The molecule has 0 amide bonds. The lowest BCUT2D eigenvalue weighted by molar-refractivity contribution is 0.608. The van der Waals surface area contributed by atoms with E-state index in [2.05, 4.69) is 68.7 Å². The molecule has 0 atom stereocenters. The minimum absolute atomic E-state index is 0.0621. The first-order valence-electron chi connectivity index (χ1n) is 2.89. The third-order valence-electron chi connectivity index (χ3n) is 1.20. The van der Waals surface area contributed by atoms with E-state index in [-0.39, 0.29) is 13.8 Å². The first kappa shape index (κ1) is 13.4. The Hall–Kier alpha value is 1.31. The number of pyridine rings is 1. The molecule has 0 aromatic carbocycles. The van der Waals surface area contributed by atoms with E-state index in [0.717, 1.165) is 0 Å². The van der Waals surface area contributed by atoms with Crippen molar-refractivity contribution in [3.8, 4) is 0 Å². The molecule has 78 valence electrons. The maximum Gasteiger partial charge on any atom is 0.263 e. The third kappa shape index (κ3) is 2.70. The van der Waals surface area contributed by atoms with Crippen LogP contribution in [0, 0.1) is 0 Å². The van der Waals surface area contributed by atoms with Gasteiger partial charge in [0.2, 0.25) is 0 Å². The molecule has 1 heterocycles. The molecule has 0 aliphatic carbocycles. The molecule has 1 aromatic rings. The number of halogens is 5. The molecule has 1 rings (SSSR count). The summed E-state index contributed by atoms with van der Waals surface area (Å²) in [5.41, 5.74) is 0. The van der Waals surface area contributed by atoms with Crippen molar-refractivity contribution in [2.45, 2.75) is 4.90 Å². The second-order valence-corrected chi connectivity index (χ2v) is 7.68. The van der Waals surface area contributed by atoms with Crippen LogP contribution in [0.25, 0.3) is 0 Å². The van der Waals surface area contributed by atoms with Gasteiger partial charge in [-0.2, -0.15) is 0 Å². The monoisotopic (exact) mass is 489 g/mol. The maximum atomic E-state index is 11.2. The van der Waals surface area contributed by atoms with Gasteiger partial charge in [0, 0.05) is 10.7 Å². The van der Waals surface area contributed by atoms with E-state index in [1.165, 1.54) is 0 Å². The molecule has 0 N–H and O–H groups in total. The smallest absolute Gasteiger partial charge is 0.232 e. The number of hydrogen-bond acceptors (Lipinski definition) is 3. The van der Waals surface area contributed by atoms with Crippen LogP contribution in [-0.2, 0) is 9.05 Å². The maximum absolute atomic E-state index is 11.2. The largest absolute Gasteiger partial charge is 0.263 e. The SMILES string of the molecule is O=S(=O)(Cl)c1c(Br)c(Br)nc(Br)c1Br. The molecule has 9 heteroatoms. The second-order valence-electron chi connectivity index (χ2n) is 2.09. The molecule has 3 nitrogen and oxygen atoms in total. The predicted molar refractivity (Wildman–Crippen MR) is 68.1 cm³/mol. The zero-order valence-electron chi connectivity index (χ0n) is 6.06. The van der Waals surface area contributed by atoms with Crippen molar-refractivity contribution in [2.75, 3.05) is 0 Å². The van der Waals surface area contributed by atoms with Gasteiger partial charge in [-0.05, 0) is 63.7 Å². The van der Waals surface area contributed by atoms with Gasteiger partial charge in [-0.25, -0.2) is 13.4 Å². The fourth-order valence-corrected chi connectivity index (χ4v) is 5.70. The van der Waals surface area contributed by atoms with E-state index in [9.17, 15) is 8.42 Å². The molecule has 0 saturated heterocycles. The highest BCUT2D eigenvalue weighted by atomic mass is 79.9. The van der Waals surface area contributed by atoms with Crippen molar-refractivity contribution in [2.24, 2.45) is 0 Å². The Bertz CT molecular complexity index is 463. The zero-order valence-corrected chi connectivity index (χ0v) is 14.0. The van der Waals surface area contributed by atoms with Crippen molar-refractivity contribution in [3.63, 3.8) is 0 Å². The van der Waals surface area contributed by atoms with Crippen molar-refractivity contribution in [1.29, 1.82) is 0 Å². The lowest BCUT2D eigenvalue weighted by Crippen LogP contribution is -1.97. The highest BCUT2D eigenvalue weighted by Gasteiger charge is 2.23. The Kier molecular flexibility index (Phi) is 4.46. The Labute approximate surface area is 119 Å². The summed E-state index contributed by atoms with van der Waals surface area (Å²) in [5, 5.41) is 0. The average molecular weight is 493 g/mol.